The van der Waals surface area contributed by atoms with Gasteiger partial charge in [-0.05, 0) is 47.7 Å². The third-order valence-corrected chi connectivity index (χ3v) is 5.55. The fourth-order valence-electron chi connectivity index (χ4n) is 4.14. The van der Waals surface area contributed by atoms with Gasteiger partial charge >= 0.3 is 0 Å². The van der Waals surface area contributed by atoms with Gasteiger partial charge < -0.3 is 14.2 Å². The minimum Gasteiger partial charge on any atom is -0.497 e. The smallest absolute Gasteiger partial charge is 0.118 e. The summed E-state index contributed by atoms with van der Waals surface area (Å²) in [6.45, 7) is 5.23. The molecule has 0 radical (unpaired) electrons. The molecule has 1 heterocycles. The zero-order valence-corrected chi connectivity index (χ0v) is 16.9. The van der Waals surface area contributed by atoms with E-state index in [1.54, 1.807) is 21.3 Å². The van der Waals surface area contributed by atoms with Crippen LogP contribution < -0.4 is 9.47 Å². The summed E-state index contributed by atoms with van der Waals surface area (Å²) in [6, 6.07) is 17.4. The Balaban J connectivity index is 1.88. The van der Waals surface area contributed by atoms with E-state index in [-0.39, 0.29) is 0 Å². The lowest BCUT2D eigenvalue weighted by atomic mass is 9.90. The number of hydrogen-bond acceptors (Lipinski definition) is 4. The van der Waals surface area contributed by atoms with Gasteiger partial charge in [-0.2, -0.15) is 0 Å². The highest BCUT2D eigenvalue weighted by Crippen LogP contribution is 2.32. The second-order valence-electron chi connectivity index (χ2n) is 7.50. The standard InChI is InChI=1S/C23H31NO3/c1-17-13-20(16-25-2)24(14-17)15-23(18-5-9-21(26-3)10-6-18)19-7-11-22(27-4)12-8-19/h5-12,17,20,23H,13-16H2,1-4H3/t17-,20-/m0/s1. The van der Waals surface area contributed by atoms with Gasteiger partial charge in [0.1, 0.15) is 11.5 Å². The molecule has 2 aromatic carbocycles. The van der Waals surface area contributed by atoms with Gasteiger partial charge in [0.25, 0.3) is 0 Å². The molecule has 27 heavy (non-hydrogen) atoms. The van der Waals surface area contributed by atoms with Crippen LogP contribution in [0, 0.1) is 5.92 Å². The first-order chi connectivity index (χ1) is 13.1. The van der Waals surface area contributed by atoms with E-state index in [2.05, 4.69) is 36.1 Å². The molecule has 3 rings (SSSR count). The highest BCUT2D eigenvalue weighted by molar-refractivity contribution is 5.38. The van der Waals surface area contributed by atoms with Gasteiger partial charge in [-0.3, -0.25) is 4.90 Å². The zero-order chi connectivity index (χ0) is 19.2. The minimum absolute atomic E-state index is 0.298. The van der Waals surface area contributed by atoms with Crippen molar-refractivity contribution in [2.75, 3.05) is 41.0 Å². The van der Waals surface area contributed by atoms with E-state index in [0.717, 1.165) is 31.2 Å². The normalized spacial score (nSPS) is 20.2. The second-order valence-corrected chi connectivity index (χ2v) is 7.50. The summed E-state index contributed by atoms with van der Waals surface area (Å²) in [7, 11) is 5.21. The number of nitrogens with zero attached hydrogens (tertiary/aromatic N) is 1. The van der Waals surface area contributed by atoms with Gasteiger partial charge in [-0.25, -0.2) is 0 Å². The Morgan fingerprint density at radius 3 is 1.85 bits per heavy atom. The number of rotatable bonds is 8. The summed E-state index contributed by atoms with van der Waals surface area (Å²) < 4.78 is 16.2. The van der Waals surface area contributed by atoms with Crippen LogP contribution in [0.5, 0.6) is 11.5 Å². The van der Waals surface area contributed by atoms with E-state index in [1.807, 2.05) is 24.3 Å². The van der Waals surface area contributed by atoms with E-state index >= 15 is 0 Å². The van der Waals surface area contributed by atoms with Gasteiger partial charge in [-0.1, -0.05) is 31.2 Å². The summed E-state index contributed by atoms with van der Waals surface area (Å²) >= 11 is 0. The molecule has 0 spiro atoms. The highest BCUT2D eigenvalue weighted by Gasteiger charge is 2.31. The molecule has 0 N–H and O–H groups in total. The van der Waals surface area contributed by atoms with Crippen molar-refractivity contribution >= 4 is 0 Å². The van der Waals surface area contributed by atoms with Crippen molar-refractivity contribution in [3.8, 4) is 11.5 Å². The maximum atomic E-state index is 5.48. The van der Waals surface area contributed by atoms with Crippen molar-refractivity contribution in [1.82, 2.24) is 4.90 Å². The molecule has 0 amide bonds. The molecule has 1 fully saturated rings. The number of ether oxygens (including phenoxy) is 3. The number of likely N-dealkylation sites (tertiary alicyclic amines) is 1. The molecule has 4 heteroatoms. The summed E-state index contributed by atoms with van der Waals surface area (Å²) in [5.74, 6) is 2.78. The van der Waals surface area contributed by atoms with E-state index < -0.39 is 0 Å². The van der Waals surface area contributed by atoms with Crippen LogP contribution in [-0.2, 0) is 4.74 Å². The molecular formula is C23H31NO3. The van der Waals surface area contributed by atoms with Crippen LogP contribution in [0.4, 0.5) is 0 Å². The summed E-state index contributed by atoms with van der Waals surface area (Å²) in [6.07, 6.45) is 1.20. The van der Waals surface area contributed by atoms with Crippen LogP contribution in [0.15, 0.2) is 48.5 Å². The Labute approximate surface area is 163 Å². The van der Waals surface area contributed by atoms with Crippen LogP contribution in [0.2, 0.25) is 0 Å². The summed E-state index contributed by atoms with van der Waals surface area (Å²) in [4.78, 5) is 2.59. The first-order valence-electron chi connectivity index (χ1n) is 9.65. The van der Waals surface area contributed by atoms with Gasteiger partial charge in [0, 0.05) is 32.2 Å². The molecule has 146 valence electrons. The van der Waals surface area contributed by atoms with Crippen molar-refractivity contribution in [2.24, 2.45) is 5.92 Å². The molecule has 0 unspecified atom stereocenters. The molecule has 2 aromatic rings. The van der Waals surface area contributed by atoms with E-state index in [4.69, 9.17) is 14.2 Å². The topological polar surface area (TPSA) is 30.9 Å². The van der Waals surface area contributed by atoms with E-state index in [1.165, 1.54) is 17.5 Å². The fraction of sp³-hybridized carbons (Fsp3) is 0.478. The van der Waals surface area contributed by atoms with Crippen LogP contribution >= 0.6 is 0 Å². The Morgan fingerprint density at radius 1 is 0.889 bits per heavy atom. The number of methoxy groups -OCH3 is 3. The van der Waals surface area contributed by atoms with Crippen molar-refractivity contribution in [1.29, 1.82) is 0 Å². The lowest BCUT2D eigenvalue weighted by molar-refractivity contribution is 0.114. The summed E-state index contributed by atoms with van der Waals surface area (Å²) in [5.41, 5.74) is 2.60. The van der Waals surface area contributed by atoms with Crippen molar-refractivity contribution in [3.05, 3.63) is 59.7 Å². The molecule has 1 aliphatic rings. The van der Waals surface area contributed by atoms with Gasteiger partial charge in [0.15, 0.2) is 0 Å². The Kier molecular flexibility index (Phi) is 6.75. The summed E-state index contributed by atoms with van der Waals surface area (Å²) in [5, 5.41) is 0. The minimum atomic E-state index is 0.298. The first kappa shape index (κ1) is 19.7. The molecule has 0 saturated carbocycles. The Hall–Kier alpha value is -2.04. The average Bonchev–Trinajstić information content (AvgIpc) is 3.05. The van der Waals surface area contributed by atoms with E-state index in [9.17, 15) is 0 Å². The Bertz CT molecular complexity index is 651. The van der Waals surface area contributed by atoms with Crippen molar-refractivity contribution < 1.29 is 14.2 Å². The van der Waals surface area contributed by atoms with Gasteiger partial charge in [0.05, 0.1) is 20.8 Å². The fourth-order valence-corrected chi connectivity index (χ4v) is 4.14. The average molecular weight is 370 g/mol. The second kappa shape index (κ2) is 9.25. The predicted molar refractivity (Wildman–Crippen MR) is 109 cm³/mol. The predicted octanol–water partition coefficient (Wildman–Crippen LogP) is 4.19. The highest BCUT2D eigenvalue weighted by atomic mass is 16.5. The molecule has 1 saturated heterocycles. The SMILES string of the molecule is COC[C@@H]1C[C@H](C)CN1CC(c1ccc(OC)cc1)c1ccc(OC)cc1. The first-order valence-corrected chi connectivity index (χ1v) is 9.65. The van der Waals surface area contributed by atoms with Crippen LogP contribution in [0.3, 0.4) is 0 Å². The zero-order valence-electron chi connectivity index (χ0n) is 16.9. The van der Waals surface area contributed by atoms with Crippen LogP contribution in [0.25, 0.3) is 0 Å². The van der Waals surface area contributed by atoms with E-state index in [0.29, 0.717) is 17.9 Å². The lowest BCUT2D eigenvalue weighted by Gasteiger charge is -2.29. The Morgan fingerprint density at radius 2 is 1.41 bits per heavy atom. The van der Waals surface area contributed by atoms with Crippen molar-refractivity contribution in [2.45, 2.75) is 25.3 Å². The largest absolute Gasteiger partial charge is 0.497 e. The molecule has 2 atom stereocenters. The molecule has 0 aromatic heterocycles. The lowest BCUT2D eigenvalue weighted by Crippen LogP contribution is -2.36. The molecule has 0 bridgehead atoms. The van der Waals surface area contributed by atoms with Gasteiger partial charge in [0.2, 0.25) is 0 Å². The third-order valence-electron chi connectivity index (χ3n) is 5.55. The molecule has 1 aliphatic heterocycles. The maximum Gasteiger partial charge on any atom is 0.118 e. The molecular weight excluding hydrogens is 338 g/mol. The van der Waals surface area contributed by atoms with Crippen molar-refractivity contribution in [3.63, 3.8) is 0 Å². The molecule has 4 nitrogen and oxygen atoms in total. The number of hydrogen-bond donors (Lipinski definition) is 0. The molecule has 0 aliphatic carbocycles. The van der Waals surface area contributed by atoms with Gasteiger partial charge in [-0.15, -0.1) is 0 Å². The monoisotopic (exact) mass is 369 g/mol. The quantitative estimate of drug-likeness (QED) is 0.698. The van der Waals surface area contributed by atoms with Crippen LogP contribution in [-0.4, -0.2) is 52.0 Å². The maximum absolute atomic E-state index is 5.48. The number of benzene rings is 2. The third kappa shape index (κ3) is 4.82. The van der Waals surface area contributed by atoms with Crippen LogP contribution in [0.1, 0.15) is 30.4 Å².